The number of imidazole rings is 1. The molecule has 0 radical (unpaired) electrons. The van der Waals surface area contributed by atoms with Gasteiger partial charge in [0.05, 0.1) is 54.2 Å². The van der Waals surface area contributed by atoms with Gasteiger partial charge in [-0.05, 0) is 44.4 Å². The van der Waals surface area contributed by atoms with E-state index in [4.69, 9.17) is 9.72 Å². The van der Waals surface area contributed by atoms with Crippen LogP contribution in [0.1, 0.15) is 0 Å². The van der Waals surface area contributed by atoms with E-state index >= 15 is 0 Å². The lowest BCUT2D eigenvalue weighted by Gasteiger charge is -2.10. The van der Waals surface area contributed by atoms with Crippen molar-refractivity contribution in [3.63, 3.8) is 0 Å². The molecule has 0 bridgehead atoms. The number of benzene rings is 1. The largest absolute Gasteiger partial charge is 0.497 e. The lowest BCUT2D eigenvalue weighted by Crippen LogP contribution is -2.27. The van der Waals surface area contributed by atoms with Crippen molar-refractivity contribution >= 4 is 33.5 Å². The molecule has 0 saturated heterocycles. The molecule has 0 aliphatic heterocycles. The maximum absolute atomic E-state index is 14.2. The van der Waals surface area contributed by atoms with Crippen LogP contribution in [0.3, 0.4) is 0 Å². The highest BCUT2D eigenvalue weighted by Crippen LogP contribution is 2.33. The van der Waals surface area contributed by atoms with Crippen LogP contribution in [0.15, 0.2) is 61.2 Å². The number of nitrogens with zero attached hydrogens (tertiary/aromatic N) is 6. The number of rotatable bonds is 7. The average Bonchev–Trinajstić information content (AvgIpc) is 3.56. The Labute approximate surface area is 227 Å². The number of amides is 1. The molecule has 6 aromatic rings. The highest BCUT2D eigenvalue weighted by molar-refractivity contribution is 5.97. The predicted molar refractivity (Wildman–Crippen MR) is 149 cm³/mol. The van der Waals surface area contributed by atoms with Gasteiger partial charge in [0, 0.05) is 35.0 Å². The van der Waals surface area contributed by atoms with Gasteiger partial charge in [0.1, 0.15) is 22.8 Å². The van der Waals surface area contributed by atoms with Crippen molar-refractivity contribution in [2.24, 2.45) is 0 Å². The van der Waals surface area contributed by atoms with E-state index < -0.39 is 5.82 Å². The van der Waals surface area contributed by atoms with E-state index in [1.54, 1.807) is 41.8 Å². The number of nitrogens with one attached hydrogen (secondary N) is 3. The number of ether oxygens (including phenoxy) is 1. The average molecular weight is 538 g/mol. The maximum Gasteiger partial charge on any atom is 0.238 e. The second-order valence-corrected chi connectivity index (χ2v) is 9.46. The number of aromatic nitrogens is 7. The van der Waals surface area contributed by atoms with Crippen LogP contribution in [0.4, 0.5) is 10.1 Å². The Bertz CT molecular complexity index is 1880. The fraction of sp³-hybridized carbons (Fsp3) is 0.143. The van der Waals surface area contributed by atoms with E-state index in [-0.39, 0.29) is 12.5 Å². The van der Waals surface area contributed by atoms with Crippen molar-refractivity contribution in [3.8, 4) is 39.8 Å². The number of pyridine rings is 3. The second-order valence-electron chi connectivity index (χ2n) is 9.46. The quantitative estimate of drug-likeness (QED) is 0.275. The van der Waals surface area contributed by atoms with Crippen molar-refractivity contribution in [2.75, 3.05) is 33.1 Å². The van der Waals surface area contributed by atoms with E-state index in [1.807, 2.05) is 26.2 Å². The van der Waals surface area contributed by atoms with Crippen molar-refractivity contribution < 1.29 is 13.9 Å². The number of hydrogen-bond donors (Lipinski definition) is 3. The molecule has 3 N–H and O–H groups in total. The molecule has 11 nitrogen and oxygen atoms in total. The smallest absolute Gasteiger partial charge is 0.238 e. The zero-order chi connectivity index (χ0) is 27.8. The molecular weight excluding hydrogens is 513 g/mol. The summed E-state index contributed by atoms with van der Waals surface area (Å²) >= 11 is 0. The molecule has 1 aromatic carbocycles. The molecule has 40 heavy (non-hydrogen) atoms. The van der Waals surface area contributed by atoms with Crippen LogP contribution in [-0.4, -0.2) is 73.7 Å². The summed E-state index contributed by atoms with van der Waals surface area (Å²) in [6.45, 7) is 0.258. The van der Waals surface area contributed by atoms with Crippen LogP contribution < -0.4 is 10.1 Å². The summed E-state index contributed by atoms with van der Waals surface area (Å²) in [5, 5.41) is 11.1. The lowest BCUT2D eigenvalue weighted by atomic mass is 10.1. The molecule has 0 unspecified atom stereocenters. The van der Waals surface area contributed by atoms with E-state index in [9.17, 15) is 9.18 Å². The van der Waals surface area contributed by atoms with Crippen LogP contribution >= 0.6 is 0 Å². The first kappa shape index (κ1) is 25.1. The minimum absolute atomic E-state index is 0.139. The molecule has 5 heterocycles. The number of aromatic amines is 2. The van der Waals surface area contributed by atoms with E-state index in [0.717, 1.165) is 22.0 Å². The Morgan fingerprint density at radius 1 is 1.02 bits per heavy atom. The fourth-order valence-corrected chi connectivity index (χ4v) is 4.47. The van der Waals surface area contributed by atoms with Crippen molar-refractivity contribution in [2.45, 2.75) is 0 Å². The first-order valence-electron chi connectivity index (χ1n) is 12.3. The summed E-state index contributed by atoms with van der Waals surface area (Å²) < 4.78 is 19.5. The number of carbonyl (C=O) groups excluding carboxylic acids is 1. The van der Waals surface area contributed by atoms with Gasteiger partial charge in [-0.15, -0.1) is 0 Å². The van der Waals surface area contributed by atoms with Gasteiger partial charge in [0.15, 0.2) is 5.82 Å². The Morgan fingerprint density at radius 3 is 2.73 bits per heavy atom. The SMILES string of the molecule is COc1cc(F)cc(-c2nccc3[nH]c(-c4n[nH]c5cnc(-c6cncc(NC(=O)CN(C)C)c6)cc45)nc23)c1. The number of H-pyrrole nitrogens is 2. The number of likely N-dealkylation sites (N-methyl/N-ethyl adjacent to an activating group) is 1. The van der Waals surface area contributed by atoms with Crippen LogP contribution in [0.5, 0.6) is 5.75 Å². The van der Waals surface area contributed by atoms with Crippen LogP contribution in [0.2, 0.25) is 0 Å². The summed E-state index contributed by atoms with van der Waals surface area (Å²) in [7, 11) is 5.14. The Balaban J connectivity index is 1.38. The molecule has 200 valence electrons. The van der Waals surface area contributed by atoms with E-state index in [1.165, 1.54) is 19.2 Å². The molecule has 0 aliphatic rings. The topological polar surface area (TPSA) is 138 Å². The zero-order valence-corrected chi connectivity index (χ0v) is 21.9. The molecule has 0 fully saturated rings. The second kappa shape index (κ2) is 10.2. The monoisotopic (exact) mass is 537 g/mol. The molecule has 1 amide bonds. The molecule has 12 heteroatoms. The fourth-order valence-electron chi connectivity index (χ4n) is 4.47. The first-order chi connectivity index (χ1) is 19.4. The van der Waals surface area contributed by atoms with E-state index in [0.29, 0.717) is 45.4 Å². The minimum Gasteiger partial charge on any atom is -0.497 e. The van der Waals surface area contributed by atoms with E-state index in [2.05, 4.69) is 35.5 Å². The van der Waals surface area contributed by atoms with Crippen molar-refractivity contribution in [1.82, 2.24) is 40.0 Å². The number of methoxy groups -OCH3 is 1. The normalized spacial score (nSPS) is 11.4. The Kier molecular flexibility index (Phi) is 6.36. The number of hydrogen-bond acceptors (Lipinski definition) is 8. The molecule has 0 atom stereocenters. The van der Waals surface area contributed by atoms with Gasteiger partial charge in [-0.1, -0.05) is 0 Å². The van der Waals surface area contributed by atoms with Gasteiger partial charge in [0.25, 0.3) is 0 Å². The summed E-state index contributed by atoms with van der Waals surface area (Å²) in [5.74, 6) is 0.329. The third kappa shape index (κ3) is 4.83. The number of halogens is 1. The summed E-state index contributed by atoms with van der Waals surface area (Å²) in [6, 6.07) is 9.93. The van der Waals surface area contributed by atoms with Crippen molar-refractivity contribution in [1.29, 1.82) is 0 Å². The van der Waals surface area contributed by atoms with Gasteiger partial charge < -0.3 is 19.9 Å². The van der Waals surface area contributed by atoms with Gasteiger partial charge in [-0.3, -0.25) is 24.8 Å². The third-order valence-corrected chi connectivity index (χ3v) is 6.23. The number of fused-ring (bicyclic) bond motifs is 2. The molecule has 5 aromatic heterocycles. The first-order valence-corrected chi connectivity index (χ1v) is 12.3. The summed E-state index contributed by atoms with van der Waals surface area (Å²) in [5.41, 5.74) is 5.61. The minimum atomic E-state index is -0.432. The molecule has 0 saturated carbocycles. The van der Waals surface area contributed by atoms with Crippen molar-refractivity contribution in [3.05, 3.63) is 67.0 Å². The number of carbonyl (C=O) groups is 1. The zero-order valence-electron chi connectivity index (χ0n) is 21.9. The highest BCUT2D eigenvalue weighted by atomic mass is 19.1. The molecular formula is C28H24FN9O2. The molecule has 0 spiro atoms. The Morgan fingerprint density at radius 2 is 1.90 bits per heavy atom. The van der Waals surface area contributed by atoms with Gasteiger partial charge in [-0.2, -0.15) is 5.10 Å². The van der Waals surface area contributed by atoms with Crippen LogP contribution in [0, 0.1) is 5.82 Å². The third-order valence-electron chi connectivity index (χ3n) is 6.23. The predicted octanol–water partition coefficient (Wildman–Crippen LogP) is 4.27. The van der Waals surface area contributed by atoms with Gasteiger partial charge in [0.2, 0.25) is 5.91 Å². The van der Waals surface area contributed by atoms with Crippen LogP contribution in [-0.2, 0) is 4.79 Å². The molecule has 0 aliphatic carbocycles. The Hall–Kier alpha value is -5.23. The number of anilines is 1. The van der Waals surface area contributed by atoms with Gasteiger partial charge >= 0.3 is 0 Å². The maximum atomic E-state index is 14.2. The summed E-state index contributed by atoms with van der Waals surface area (Å²) in [4.78, 5) is 35.4. The highest BCUT2D eigenvalue weighted by Gasteiger charge is 2.18. The molecule has 6 rings (SSSR count). The summed E-state index contributed by atoms with van der Waals surface area (Å²) in [6.07, 6.45) is 6.60. The standard InChI is InChI=1S/C28H24FN9O2/c1-38(2)14-24(39)33-18-7-16(11-30-12-18)22-10-20-23(13-32-22)36-37-26(20)28-34-21-4-5-31-25(27(21)35-28)15-6-17(29)9-19(8-15)40-3/h4-13H,14H2,1-3H3,(H,33,39)(H,34,35)(H,36,37). The van der Waals surface area contributed by atoms with Crippen LogP contribution in [0.25, 0.3) is 56.0 Å². The van der Waals surface area contributed by atoms with Gasteiger partial charge in [-0.25, -0.2) is 9.37 Å². The lowest BCUT2D eigenvalue weighted by molar-refractivity contribution is -0.116.